The van der Waals surface area contributed by atoms with Gasteiger partial charge in [-0.1, -0.05) is 18.9 Å². The molecule has 0 radical (unpaired) electrons. The molecule has 0 atom stereocenters. The first-order valence-corrected chi connectivity index (χ1v) is 6.38. The van der Waals surface area contributed by atoms with Gasteiger partial charge in [-0.2, -0.15) is 0 Å². The van der Waals surface area contributed by atoms with E-state index in [0.29, 0.717) is 24.4 Å². The van der Waals surface area contributed by atoms with Crippen LogP contribution in [0.1, 0.15) is 37.7 Å². The molecule has 0 aliphatic heterocycles. The van der Waals surface area contributed by atoms with Crippen LogP contribution in [0, 0.1) is 11.6 Å². The first-order chi connectivity index (χ1) is 8.65. The van der Waals surface area contributed by atoms with Crippen molar-refractivity contribution in [2.45, 2.75) is 44.6 Å². The predicted molar refractivity (Wildman–Crippen MR) is 65.1 cm³/mol. The monoisotopic (exact) mass is 253 g/mol. The van der Waals surface area contributed by atoms with Gasteiger partial charge in [-0.25, -0.2) is 8.78 Å². The van der Waals surface area contributed by atoms with E-state index in [1.807, 2.05) is 0 Å². The second-order valence-corrected chi connectivity index (χ2v) is 4.80. The van der Waals surface area contributed by atoms with Gasteiger partial charge in [0.1, 0.15) is 0 Å². The van der Waals surface area contributed by atoms with Crippen LogP contribution < -0.4 is 5.32 Å². The van der Waals surface area contributed by atoms with Crippen LogP contribution >= 0.6 is 0 Å². The Balaban J connectivity index is 1.79. The van der Waals surface area contributed by atoms with E-state index in [1.165, 1.54) is 18.9 Å². The summed E-state index contributed by atoms with van der Waals surface area (Å²) in [6, 6.07) is 4.07. The SMILES string of the molecule is O=C(CCc1ccc(F)c(F)c1)NC1CCCC1. The Morgan fingerprint density at radius 2 is 1.94 bits per heavy atom. The molecule has 1 fully saturated rings. The summed E-state index contributed by atoms with van der Waals surface area (Å²) < 4.78 is 25.7. The highest BCUT2D eigenvalue weighted by molar-refractivity contribution is 5.76. The van der Waals surface area contributed by atoms with Gasteiger partial charge < -0.3 is 5.32 Å². The van der Waals surface area contributed by atoms with E-state index < -0.39 is 11.6 Å². The van der Waals surface area contributed by atoms with E-state index in [-0.39, 0.29) is 5.91 Å². The van der Waals surface area contributed by atoms with Crippen LogP contribution in [0.2, 0.25) is 0 Å². The molecule has 1 saturated carbocycles. The van der Waals surface area contributed by atoms with Crippen molar-refractivity contribution >= 4 is 5.91 Å². The Labute approximate surface area is 105 Å². The summed E-state index contributed by atoms with van der Waals surface area (Å²) >= 11 is 0. The highest BCUT2D eigenvalue weighted by atomic mass is 19.2. The summed E-state index contributed by atoms with van der Waals surface area (Å²) in [6.07, 6.45) is 5.22. The summed E-state index contributed by atoms with van der Waals surface area (Å²) in [6.45, 7) is 0. The fourth-order valence-corrected chi connectivity index (χ4v) is 2.32. The van der Waals surface area contributed by atoms with Crippen molar-refractivity contribution in [3.8, 4) is 0 Å². The first-order valence-electron chi connectivity index (χ1n) is 6.38. The smallest absolute Gasteiger partial charge is 0.220 e. The number of amides is 1. The van der Waals surface area contributed by atoms with Gasteiger partial charge in [-0.15, -0.1) is 0 Å². The van der Waals surface area contributed by atoms with Gasteiger partial charge in [0.05, 0.1) is 0 Å². The molecule has 1 aromatic carbocycles. The fourth-order valence-electron chi connectivity index (χ4n) is 2.32. The second kappa shape index (κ2) is 5.94. The number of hydrogen-bond donors (Lipinski definition) is 1. The van der Waals surface area contributed by atoms with Crippen molar-refractivity contribution in [3.63, 3.8) is 0 Å². The number of carbonyl (C=O) groups is 1. The molecule has 1 aliphatic rings. The first kappa shape index (κ1) is 13.0. The van der Waals surface area contributed by atoms with Crippen molar-refractivity contribution in [1.29, 1.82) is 0 Å². The quantitative estimate of drug-likeness (QED) is 0.878. The maximum Gasteiger partial charge on any atom is 0.220 e. The molecule has 2 nitrogen and oxygen atoms in total. The zero-order valence-electron chi connectivity index (χ0n) is 10.2. The van der Waals surface area contributed by atoms with Crippen molar-refractivity contribution in [3.05, 3.63) is 35.4 Å². The minimum atomic E-state index is -0.858. The topological polar surface area (TPSA) is 29.1 Å². The van der Waals surface area contributed by atoms with Crippen LogP contribution in [-0.4, -0.2) is 11.9 Å². The zero-order chi connectivity index (χ0) is 13.0. The van der Waals surface area contributed by atoms with Gasteiger partial charge in [-0.3, -0.25) is 4.79 Å². The van der Waals surface area contributed by atoms with Crippen molar-refractivity contribution in [2.75, 3.05) is 0 Å². The van der Waals surface area contributed by atoms with E-state index in [2.05, 4.69) is 5.32 Å². The number of carbonyl (C=O) groups excluding carboxylic acids is 1. The molecule has 0 aromatic heterocycles. The lowest BCUT2D eigenvalue weighted by Crippen LogP contribution is -2.32. The van der Waals surface area contributed by atoms with Crippen LogP contribution in [-0.2, 0) is 11.2 Å². The summed E-state index contributed by atoms with van der Waals surface area (Å²) in [5, 5.41) is 2.97. The second-order valence-electron chi connectivity index (χ2n) is 4.80. The Morgan fingerprint density at radius 3 is 2.61 bits per heavy atom. The van der Waals surface area contributed by atoms with Crippen LogP contribution in [0.5, 0.6) is 0 Å². The lowest BCUT2D eigenvalue weighted by Gasteiger charge is -2.11. The van der Waals surface area contributed by atoms with Crippen LogP contribution in [0.4, 0.5) is 8.78 Å². The van der Waals surface area contributed by atoms with Crippen molar-refractivity contribution < 1.29 is 13.6 Å². The van der Waals surface area contributed by atoms with Gasteiger partial charge in [0, 0.05) is 12.5 Å². The Kier molecular flexibility index (Phi) is 4.28. The number of benzene rings is 1. The van der Waals surface area contributed by atoms with Gasteiger partial charge in [0.25, 0.3) is 0 Å². The van der Waals surface area contributed by atoms with E-state index in [1.54, 1.807) is 0 Å². The lowest BCUT2D eigenvalue weighted by atomic mass is 10.1. The molecule has 1 amide bonds. The van der Waals surface area contributed by atoms with Gasteiger partial charge in [0.15, 0.2) is 11.6 Å². The molecule has 2 rings (SSSR count). The summed E-state index contributed by atoms with van der Waals surface area (Å²) in [5.41, 5.74) is 0.649. The van der Waals surface area contributed by atoms with E-state index in [4.69, 9.17) is 0 Å². The maximum atomic E-state index is 13.0. The molecule has 0 unspecified atom stereocenters. The van der Waals surface area contributed by atoms with Crippen LogP contribution in [0.3, 0.4) is 0 Å². The number of aryl methyl sites for hydroxylation is 1. The van der Waals surface area contributed by atoms with Crippen molar-refractivity contribution in [1.82, 2.24) is 5.32 Å². The summed E-state index contributed by atoms with van der Waals surface area (Å²) in [4.78, 5) is 11.6. The molecule has 18 heavy (non-hydrogen) atoms. The Hall–Kier alpha value is -1.45. The normalized spacial score (nSPS) is 15.9. The van der Waals surface area contributed by atoms with Gasteiger partial charge in [-0.05, 0) is 37.0 Å². The van der Waals surface area contributed by atoms with Gasteiger partial charge in [0.2, 0.25) is 5.91 Å². The fraction of sp³-hybridized carbons (Fsp3) is 0.500. The van der Waals surface area contributed by atoms with Gasteiger partial charge >= 0.3 is 0 Å². The number of hydrogen-bond acceptors (Lipinski definition) is 1. The van der Waals surface area contributed by atoms with Crippen molar-refractivity contribution in [2.24, 2.45) is 0 Å². The highest BCUT2D eigenvalue weighted by Crippen LogP contribution is 2.18. The van der Waals surface area contributed by atoms with E-state index >= 15 is 0 Å². The lowest BCUT2D eigenvalue weighted by molar-refractivity contribution is -0.121. The predicted octanol–water partition coefficient (Wildman–Crippen LogP) is 2.96. The maximum absolute atomic E-state index is 13.0. The third kappa shape index (κ3) is 3.52. The Morgan fingerprint density at radius 1 is 1.22 bits per heavy atom. The minimum Gasteiger partial charge on any atom is -0.353 e. The molecule has 0 spiro atoms. The standard InChI is InChI=1S/C14H17F2NO/c15-12-7-5-10(9-13(12)16)6-8-14(18)17-11-3-1-2-4-11/h5,7,9,11H,1-4,6,8H2,(H,17,18). The average Bonchev–Trinajstić information content (AvgIpc) is 2.83. The van der Waals surface area contributed by atoms with E-state index in [0.717, 1.165) is 25.0 Å². The summed E-state index contributed by atoms with van der Waals surface area (Å²) in [5.74, 6) is -1.72. The highest BCUT2D eigenvalue weighted by Gasteiger charge is 2.16. The molecule has 1 aromatic rings. The van der Waals surface area contributed by atoms with Crippen LogP contribution in [0.25, 0.3) is 0 Å². The third-order valence-electron chi connectivity index (χ3n) is 3.35. The number of nitrogens with one attached hydrogen (secondary N) is 1. The molecule has 0 saturated heterocycles. The zero-order valence-corrected chi connectivity index (χ0v) is 10.2. The molecule has 4 heteroatoms. The molecular formula is C14H17F2NO. The van der Waals surface area contributed by atoms with Crippen LogP contribution in [0.15, 0.2) is 18.2 Å². The molecule has 0 bridgehead atoms. The Bertz CT molecular complexity index is 428. The number of halogens is 2. The number of rotatable bonds is 4. The third-order valence-corrected chi connectivity index (χ3v) is 3.35. The molecule has 0 heterocycles. The molecule has 98 valence electrons. The van der Waals surface area contributed by atoms with E-state index in [9.17, 15) is 13.6 Å². The summed E-state index contributed by atoms with van der Waals surface area (Å²) in [7, 11) is 0. The molecule has 1 aliphatic carbocycles. The minimum absolute atomic E-state index is 0.00775. The molecule has 1 N–H and O–H groups in total. The average molecular weight is 253 g/mol. The largest absolute Gasteiger partial charge is 0.353 e. The molecular weight excluding hydrogens is 236 g/mol.